The Morgan fingerprint density at radius 2 is 2.13 bits per heavy atom. The number of fused-ring (bicyclic) bond motifs is 1. The lowest BCUT2D eigenvalue weighted by Gasteiger charge is -2.26. The Kier molecular flexibility index (Phi) is 5.47. The van der Waals surface area contributed by atoms with Gasteiger partial charge in [-0.05, 0) is 26.0 Å². The number of benzene rings is 1. The Bertz CT molecular complexity index is 789. The molecule has 1 aromatic heterocycles. The van der Waals surface area contributed by atoms with Gasteiger partial charge in [-0.25, -0.2) is 4.98 Å². The van der Waals surface area contributed by atoms with E-state index in [0.29, 0.717) is 23.9 Å². The number of rotatable bonds is 6. The van der Waals surface area contributed by atoms with Crippen LogP contribution in [0.2, 0.25) is 0 Å². The van der Waals surface area contributed by atoms with Gasteiger partial charge in [-0.2, -0.15) is 5.26 Å². The summed E-state index contributed by atoms with van der Waals surface area (Å²) in [6.07, 6.45) is 2.00. The predicted molar refractivity (Wildman–Crippen MR) is 87.7 cm³/mol. The minimum absolute atomic E-state index is 0.0299. The van der Waals surface area contributed by atoms with Crippen LogP contribution >= 0.6 is 0 Å². The van der Waals surface area contributed by atoms with E-state index < -0.39 is 0 Å². The molecule has 0 aliphatic heterocycles. The highest BCUT2D eigenvalue weighted by Gasteiger charge is 2.16. The van der Waals surface area contributed by atoms with Crippen molar-refractivity contribution in [3.05, 3.63) is 40.9 Å². The molecule has 2 rings (SSSR count). The average Bonchev–Trinajstić information content (AvgIpc) is 2.54. The fraction of sp³-hybridized carbons (Fsp3) is 0.412. The van der Waals surface area contributed by atoms with Gasteiger partial charge in [-0.15, -0.1) is 0 Å². The summed E-state index contributed by atoms with van der Waals surface area (Å²) < 4.78 is 1.46. The first-order valence-electron chi connectivity index (χ1n) is 7.65. The summed E-state index contributed by atoms with van der Waals surface area (Å²) in [5.41, 5.74) is 0.509. The quantitative estimate of drug-likeness (QED) is 0.816. The van der Waals surface area contributed by atoms with Crippen LogP contribution in [0.4, 0.5) is 0 Å². The zero-order valence-corrected chi connectivity index (χ0v) is 13.4. The lowest BCUT2D eigenvalue weighted by Crippen LogP contribution is -2.38. The topological polar surface area (TPSA) is 79.0 Å². The molecule has 1 heterocycles. The first-order valence-corrected chi connectivity index (χ1v) is 7.65. The molecular weight excluding hydrogens is 292 g/mol. The molecule has 0 bridgehead atoms. The monoisotopic (exact) mass is 312 g/mol. The lowest BCUT2D eigenvalue weighted by atomic mass is 10.2. The summed E-state index contributed by atoms with van der Waals surface area (Å²) in [6.45, 7) is 4.53. The molecular formula is C17H20N4O2. The predicted octanol–water partition coefficient (Wildman–Crippen LogP) is 1.94. The highest BCUT2D eigenvalue weighted by atomic mass is 16.2. The SMILES string of the molecule is CC(C)N(CCC#N)C(=O)CCn1cnc2ccccc2c1=O. The molecule has 0 N–H and O–H groups in total. The van der Waals surface area contributed by atoms with Gasteiger partial charge in [-0.1, -0.05) is 12.1 Å². The lowest BCUT2D eigenvalue weighted by molar-refractivity contribution is -0.133. The summed E-state index contributed by atoms with van der Waals surface area (Å²) in [5.74, 6) is -0.0599. The maximum Gasteiger partial charge on any atom is 0.261 e. The fourth-order valence-electron chi connectivity index (χ4n) is 2.47. The molecule has 0 spiro atoms. The van der Waals surface area contributed by atoms with Gasteiger partial charge in [-0.3, -0.25) is 14.2 Å². The third-order valence-corrected chi connectivity index (χ3v) is 3.71. The molecule has 0 fully saturated rings. The van der Waals surface area contributed by atoms with Crippen molar-refractivity contribution >= 4 is 16.8 Å². The van der Waals surface area contributed by atoms with Crippen molar-refractivity contribution < 1.29 is 4.79 Å². The number of aromatic nitrogens is 2. The zero-order valence-electron chi connectivity index (χ0n) is 13.4. The molecule has 0 aliphatic rings. The van der Waals surface area contributed by atoms with Crippen molar-refractivity contribution in [2.75, 3.05) is 6.54 Å². The second-order valence-corrected chi connectivity index (χ2v) is 5.60. The van der Waals surface area contributed by atoms with Crippen LogP contribution in [-0.2, 0) is 11.3 Å². The molecule has 2 aromatic rings. The van der Waals surface area contributed by atoms with Crippen LogP contribution in [0.3, 0.4) is 0 Å². The smallest absolute Gasteiger partial charge is 0.261 e. The Morgan fingerprint density at radius 3 is 2.83 bits per heavy atom. The number of nitrogens with zero attached hydrogens (tertiary/aromatic N) is 4. The third kappa shape index (κ3) is 3.95. The van der Waals surface area contributed by atoms with Crippen molar-refractivity contribution in [1.82, 2.24) is 14.5 Å². The molecule has 23 heavy (non-hydrogen) atoms. The third-order valence-electron chi connectivity index (χ3n) is 3.71. The van der Waals surface area contributed by atoms with E-state index in [9.17, 15) is 9.59 Å². The highest BCUT2D eigenvalue weighted by Crippen LogP contribution is 2.07. The van der Waals surface area contributed by atoms with Gasteiger partial charge in [0.2, 0.25) is 5.91 Å². The number of para-hydroxylation sites is 1. The molecule has 6 heteroatoms. The minimum atomic E-state index is -0.142. The Hall–Kier alpha value is -2.68. The Balaban J connectivity index is 2.11. The number of hydrogen-bond donors (Lipinski definition) is 0. The second-order valence-electron chi connectivity index (χ2n) is 5.60. The van der Waals surface area contributed by atoms with Gasteiger partial charge >= 0.3 is 0 Å². The summed E-state index contributed by atoms with van der Waals surface area (Å²) in [5, 5.41) is 9.23. The largest absolute Gasteiger partial charge is 0.339 e. The minimum Gasteiger partial charge on any atom is -0.339 e. The van der Waals surface area contributed by atoms with E-state index in [1.54, 1.807) is 23.1 Å². The molecule has 0 aliphatic carbocycles. The zero-order chi connectivity index (χ0) is 16.8. The highest BCUT2D eigenvalue weighted by molar-refractivity contribution is 5.77. The van der Waals surface area contributed by atoms with E-state index in [1.807, 2.05) is 19.9 Å². The van der Waals surface area contributed by atoms with Crippen molar-refractivity contribution in [1.29, 1.82) is 5.26 Å². The maximum atomic E-state index is 12.4. The molecule has 1 amide bonds. The van der Waals surface area contributed by atoms with Crippen LogP contribution in [0.5, 0.6) is 0 Å². The number of aryl methyl sites for hydroxylation is 1. The summed E-state index contributed by atoms with van der Waals surface area (Å²) >= 11 is 0. The molecule has 120 valence electrons. The average molecular weight is 312 g/mol. The molecule has 0 saturated heterocycles. The summed E-state index contributed by atoms with van der Waals surface area (Å²) in [4.78, 5) is 30.6. The molecule has 0 radical (unpaired) electrons. The maximum absolute atomic E-state index is 12.4. The van der Waals surface area contributed by atoms with Gasteiger partial charge in [0.15, 0.2) is 0 Å². The van der Waals surface area contributed by atoms with Crippen LogP contribution in [0, 0.1) is 11.3 Å². The van der Waals surface area contributed by atoms with E-state index in [2.05, 4.69) is 11.1 Å². The van der Waals surface area contributed by atoms with Crippen LogP contribution < -0.4 is 5.56 Å². The molecule has 6 nitrogen and oxygen atoms in total. The molecule has 0 unspecified atom stereocenters. The van der Waals surface area contributed by atoms with E-state index in [1.165, 1.54) is 10.9 Å². The standard InChI is InChI=1S/C17H20N4O2/c1-13(2)21(10-5-9-18)16(22)8-11-20-12-19-15-7-4-3-6-14(15)17(20)23/h3-4,6-7,12-13H,5,8,10-11H2,1-2H3. The summed E-state index contributed by atoms with van der Waals surface area (Å²) in [6, 6.07) is 9.23. The van der Waals surface area contributed by atoms with E-state index >= 15 is 0 Å². The van der Waals surface area contributed by atoms with E-state index in [-0.39, 0.29) is 30.5 Å². The first kappa shape index (κ1) is 16.7. The normalized spacial score (nSPS) is 10.7. The van der Waals surface area contributed by atoms with Crippen LogP contribution in [0.25, 0.3) is 10.9 Å². The van der Waals surface area contributed by atoms with Crippen molar-refractivity contribution in [3.63, 3.8) is 0 Å². The van der Waals surface area contributed by atoms with E-state index in [0.717, 1.165) is 0 Å². The van der Waals surface area contributed by atoms with E-state index in [4.69, 9.17) is 5.26 Å². The van der Waals surface area contributed by atoms with Gasteiger partial charge in [0.05, 0.1) is 29.7 Å². The second kappa shape index (κ2) is 7.54. The van der Waals surface area contributed by atoms with Crippen LogP contribution in [-0.4, -0.2) is 32.9 Å². The fourth-order valence-corrected chi connectivity index (χ4v) is 2.47. The summed E-state index contributed by atoms with van der Waals surface area (Å²) in [7, 11) is 0. The first-order chi connectivity index (χ1) is 11.0. The van der Waals surface area contributed by atoms with Gasteiger partial charge in [0.1, 0.15) is 0 Å². The number of carbonyl (C=O) groups excluding carboxylic acids is 1. The van der Waals surface area contributed by atoms with Crippen molar-refractivity contribution in [3.8, 4) is 6.07 Å². The van der Waals surface area contributed by atoms with Gasteiger partial charge in [0, 0.05) is 25.6 Å². The number of amides is 1. The number of hydrogen-bond acceptors (Lipinski definition) is 4. The van der Waals surface area contributed by atoms with Gasteiger partial charge in [0.25, 0.3) is 5.56 Å². The van der Waals surface area contributed by atoms with Crippen molar-refractivity contribution in [2.24, 2.45) is 0 Å². The van der Waals surface area contributed by atoms with Gasteiger partial charge < -0.3 is 4.90 Å². The van der Waals surface area contributed by atoms with Crippen LogP contribution in [0.1, 0.15) is 26.7 Å². The van der Waals surface area contributed by atoms with Crippen molar-refractivity contribution in [2.45, 2.75) is 39.3 Å². The Labute approximate surface area is 135 Å². The molecule has 1 aromatic carbocycles. The molecule has 0 saturated carbocycles. The number of carbonyl (C=O) groups is 1. The molecule has 0 atom stereocenters. The van der Waals surface area contributed by atoms with Crippen LogP contribution in [0.15, 0.2) is 35.4 Å². The Morgan fingerprint density at radius 1 is 1.39 bits per heavy atom. The number of nitriles is 1.